The van der Waals surface area contributed by atoms with Gasteiger partial charge in [0.25, 0.3) is 0 Å². The zero-order chi connectivity index (χ0) is 17.5. The number of urea groups is 1. The van der Waals surface area contributed by atoms with E-state index in [1.807, 2.05) is 25.1 Å². The van der Waals surface area contributed by atoms with Gasteiger partial charge in [-0.15, -0.1) is 0 Å². The summed E-state index contributed by atoms with van der Waals surface area (Å²) in [5, 5.41) is 5.25. The largest absolute Gasteiger partial charge is 0.444 e. The molecule has 128 valence electrons. The Morgan fingerprint density at radius 3 is 2.57 bits per heavy atom. The highest BCUT2D eigenvalue weighted by Crippen LogP contribution is 2.09. The van der Waals surface area contributed by atoms with E-state index >= 15 is 0 Å². The summed E-state index contributed by atoms with van der Waals surface area (Å²) < 4.78 is 5.12. The molecule has 3 N–H and O–H groups in total. The predicted molar refractivity (Wildman–Crippen MR) is 88.1 cm³/mol. The molecule has 0 fully saturated rings. The number of hydroxylamine groups is 1. The first-order chi connectivity index (χ1) is 10.7. The molecule has 0 saturated carbocycles. The number of hydrogen-bond donors (Lipinski definition) is 3. The van der Waals surface area contributed by atoms with Crippen LogP contribution in [0.5, 0.6) is 0 Å². The third-order valence-corrected chi connectivity index (χ3v) is 2.54. The third kappa shape index (κ3) is 8.67. The van der Waals surface area contributed by atoms with Crippen molar-refractivity contribution in [2.24, 2.45) is 0 Å². The quantitative estimate of drug-likeness (QED) is 0.727. The van der Waals surface area contributed by atoms with Gasteiger partial charge in [-0.2, -0.15) is 0 Å². The molecule has 0 spiro atoms. The van der Waals surface area contributed by atoms with Crippen molar-refractivity contribution in [3.8, 4) is 0 Å². The Morgan fingerprint density at radius 1 is 1.26 bits per heavy atom. The first-order valence-electron chi connectivity index (χ1n) is 7.40. The minimum Gasteiger partial charge on any atom is -0.444 e. The van der Waals surface area contributed by atoms with Gasteiger partial charge in [-0.05, 0) is 52.3 Å². The molecule has 0 saturated heterocycles. The molecular formula is C16H25N3O4. The van der Waals surface area contributed by atoms with Crippen LogP contribution in [0.25, 0.3) is 0 Å². The zero-order valence-electron chi connectivity index (χ0n) is 14.2. The first kappa shape index (κ1) is 18.8. The Balaban J connectivity index is 2.25. The number of rotatable bonds is 5. The van der Waals surface area contributed by atoms with Crippen LogP contribution in [0.15, 0.2) is 24.3 Å². The molecule has 7 nitrogen and oxygen atoms in total. The molecule has 3 amide bonds. The van der Waals surface area contributed by atoms with Crippen molar-refractivity contribution in [1.29, 1.82) is 0 Å². The Bertz CT molecular complexity index is 540. The van der Waals surface area contributed by atoms with Gasteiger partial charge >= 0.3 is 12.1 Å². The lowest BCUT2D eigenvalue weighted by Gasteiger charge is -2.21. The van der Waals surface area contributed by atoms with Crippen LogP contribution in [0.3, 0.4) is 0 Å². The van der Waals surface area contributed by atoms with Crippen LogP contribution in [0.2, 0.25) is 0 Å². The molecule has 1 aromatic carbocycles. The van der Waals surface area contributed by atoms with Crippen LogP contribution in [0.1, 0.15) is 33.3 Å². The van der Waals surface area contributed by atoms with Crippen molar-refractivity contribution in [3.63, 3.8) is 0 Å². The van der Waals surface area contributed by atoms with E-state index in [-0.39, 0.29) is 12.6 Å². The number of nitrogens with one attached hydrogen (secondary N) is 3. The van der Waals surface area contributed by atoms with Crippen LogP contribution in [-0.4, -0.2) is 30.4 Å². The lowest BCUT2D eigenvalue weighted by Crippen LogP contribution is -2.41. The van der Waals surface area contributed by atoms with Gasteiger partial charge in [-0.1, -0.05) is 12.1 Å². The average molecular weight is 323 g/mol. The number of aryl methyl sites for hydroxylation is 1. The van der Waals surface area contributed by atoms with E-state index in [0.29, 0.717) is 5.69 Å². The maximum absolute atomic E-state index is 11.7. The van der Waals surface area contributed by atoms with E-state index < -0.39 is 17.7 Å². The molecule has 0 heterocycles. The number of carbonyl (C=O) groups is 2. The fourth-order valence-corrected chi connectivity index (χ4v) is 1.66. The normalized spacial score (nSPS) is 12.2. The molecule has 0 aliphatic carbocycles. The van der Waals surface area contributed by atoms with Crippen molar-refractivity contribution in [2.75, 3.05) is 11.9 Å². The van der Waals surface area contributed by atoms with Crippen molar-refractivity contribution >= 4 is 17.8 Å². The number of ether oxygens (including phenoxy) is 1. The maximum atomic E-state index is 11.7. The third-order valence-electron chi connectivity index (χ3n) is 2.54. The SMILES string of the molecule is Cc1cccc(NC(=O)NOC[C@@H](C)NC(=O)OC(C)(C)C)c1. The molecule has 1 aromatic rings. The van der Waals surface area contributed by atoms with E-state index in [0.717, 1.165) is 5.56 Å². The van der Waals surface area contributed by atoms with Gasteiger partial charge in [0, 0.05) is 5.69 Å². The highest BCUT2D eigenvalue weighted by atomic mass is 16.7. The summed E-state index contributed by atoms with van der Waals surface area (Å²) >= 11 is 0. The number of benzene rings is 1. The molecule has 7 heteroatoms. The Labute approximate surface area is 136 Å². The molecule has 1 atom stereocenters. The number of hydrogen-bond acceptors (Lipinski definition) is 4. The standard InChI is InChI=1S/C16H25N3O4/c1-11-7-6-8-13(9-11)18-14(20)19-22-10-12(2)17-15(21)23-16(3,4)5/h6-9,12H,10H2,1-5H3,(H,17,21)(H2,18,19,20)/t12-/m1/s1. The molecule has 23 heavy (non-hydrogen) atoms. The van der Waals surface area contributed by atoms with Gasteiger partial charge < -0.3 is 15.4 Å². The summed E-state index contributed by atoms with van der Waals surface area (Å²) in [4.78, 5) is 28.3. The second kappa shape index (κ2) is 8.38. The van der Waals surface area contributed by atoms with Crippen molar-refractivity contribution < 1.29 is 19.2 Å². The van der Waals surface area contributed by atoms with Gasteiger partial charge in [0.1, 0.15) is 5.60 Å². The monoisotopic (exact) mass is 323 g/mol. The van der Waals surface area contributed by atoms with Crippen LogP contribution in [0, 0.1) is 6.92 Å². The lowest BCUT2D eigenvalue weighted by molar-refractivity contribution is 0.0343. The number of carbonyl (C=O) groups excluding carboxylic acids is 2. The number of anilines is 1. The molecule has 1 rings (SSSR count). The van der Waals surface area contributed by atoms with Crippen molar-refractivity contribution in [1.82, 2.24) is 10.8 Å². The highest BCUT2D eigenvalue weighted by Gasteiger charge is 2.17. The van der Waals surface area contributed by atoms with Crippen LogP contribution in [-0.2, 0) is 9.57 Å². The summed E-state index contributed by atoms with van der Waals surface area (Å²) in [7, 11) is 0. The fourth-order valence-electron chi connectivity index (χ4n) is 1.66. The topological polar surface area (TPSA) is 88.7 Å². The van der Waals surface area contributed by atoms with Crippen LogP contribution < -0.4 is 16.1 Å². The summed E-state index contributed by atoms with van der Waals surface area (Å²) in [5.41, 5.74) is 3.41. The molecule has 0 unspecified atom stereocenters. The van der Waals surface area contributed by atoms with Crippen LogP contribution in [0.4, 0.5) is 15.3 Å². The maximum Gasteiger partial charge on any atom is 0.407 e. The summed E-state index contributed by atoms with van der Waals surface area (Å²) in [6.07, 6.45) is -0.530. The number of amides is 3. The molecule has 0 aliphatic rings. The zero-order valence-corrected chi connectivity index (χ0v) is 14.2. The summed E-state index contributed by atoms with van der Waals surface area (Å²) in [6.45, 7) is 9.13. The van der Waals surface area contributed by atoms with E-state index in [1.165, 1.54) is 0 Å². The fraction of sp³-hybridized carbons (Fsp3) is 0.500. The molecule has 0 radical (unpaired) electrons. The van der Waals surface area contributed by atoms with Gasteiger partial charge in [0.2, 0.25) is 0 Å². The van der Waals surface area contributed by atoms with Gasteiger partial charge in [0.05, 0.1) is 12.6 Å². The summed E-state index contributed by atoms with van der Waals surface area (Å²) in [6, 6.07) is 6.59. The number of alkyl carbamates (subject to hydrolysis) is 1. The van der Waals surface area contributed by atoms with E-state index in [4.69, 9.17) is 9.57 Å². The van der Waals surface area contributed by atoms with E-state index in [9.17, 15) is 9.59 Å². The average Bonchev–Trinajstić information content (AvgIpc) is 2.35. The molecular weight excluding hydrogens is 298 g/mol. The highest BCUT2D eigenvalue weighted by molar-refractivity contribution is 5.88. The second-order valence-electron chi connectivity index (χ2n) is 6.28. The van der Waals surface area contributed by atoms with Crippen LogP contribution >= 0.6 is 0 Å². The first-order valence-corrected chi connectivity index (χ1v) is 7.40. The molecule has 0 bridgehead atoms. The van der Waals surface area contributed by atoms with Gasteiger partial charge in [0.15, 0.2) is 0 Å². The Morgan fingerprint density at radius 2 is 1.96 bits per heavy atom. The second-order valence-corrected chi connectivity index (χ2v) is 6.28. The Kier molecular flexibility index (Phi) is 6.84. The predicted octanol–water partition coefficient (Wildman–Crippen LogP) is 2.96. The minimum absolute atomic E-state index is 0.112. The summed E-state index contributed by atoms with van der Waals surface area (Å²) in [5.74, 6) is 0. The molecule has 0 aromatic heterocycles. The molecule has 0 aliphatic heterocycles. The minimum atomic E-state index is -0.559. The lowest BCUT2D eigenvalue weighted by atomic mass is 10.2. The van der Waals surface area contributed by atoms with Crippen molar-refractivity contribution in [2.45, 2.75) is 46.3 Å². The van der Waals surface area contributed by atoms with Gasteiger partial charge in [-0.25, -0.2) is 15.1 Å². The van der Waals surface area contributed by atoms with E-state index in [2.05, 4.69) is 16.1 Å². The Hall–Kier alpha value is -2.28. The van der Waals surface area contributed by atoms with Gasteiger partial charge in [-0.3, -0.25) is 4.84 Å². The van der Waals surface area contributed by atoms with E-state index in [1.54, 1.807) is 33.8 Å². The smallest absolute Gasteiger partial charge is 0.407 e. The van der Waals surface area contributed by atoms with Crippen molar-refractivity contribution in [3.05, 3.63) is 29.8 Å².